The Hall–Kier alpha value is -1.50. The molecule has 1 rings (SSSR count). The lowest BCUT2D eigenvalue weighted by atomic mass is 10.2. The molecule has 0 atom stereocenters. The van der Waals surface area contributed by atoms with Gasteiger partial charge in [0.15, 0.2) is 0 Å². The maximum atomic E-state index is 5.58. The molecular weight excluding hydrogens is 226 g/mol. The highest BCUT2D eigenvalue weighted by Gasteiger charge is 1.95. The fourth-order valence-electron chi connectivity index (χ4n) is 1.38. The molecule has 0 saturated carbocycles. The number of rotatable bonds is 7. The minimum absolute atomic E-state index is 0.371. The van der Waals surface area contributed by atoms with Crippen molar-refractivity contribution in [2.45, 2.75) is 19.8 Å². The third kappa shape index (κ3) is 6.29. The van der Waals surface area contributed by atoms with Crippen LogP contribution in [0.2, 0.25) is 0 Å². The van der Waals surface area contributed by atoms with Gasteiger partial charge in [0.1, 0.15) is 12.4 Å². The molecule has 0 aliphatic heterocycles. The van der Waals surface area contributed by atoms with Crippen molar-refractivity contribution in [2.24, 2.45) is 5.73 Å². The molecule has 3 heteroatoms. The second kappa shape index (κ2) is 9.52. The van der Waals surface area contributed by atoms with Crippen LogP contribution >= 0.6 is 0 Å². The van der Waals surface area contributed by atoms with Gasteiger partial charge < -0.3 is 15.2 Å². The van der Waals surface area contributed by atoms with Gasteiger partial charge in [-0.25, -0.2) is 0 Å². The average Bonchev–Trinajstić information content (AvgIpc) is 2.41. The Morgan fingerprint density at radius 2 is 2.11 bits per heavy atom. The van der Waals surface area contributed by atoms with Crippen LogP contribution in [0.3, 0.4) is 0 Å². The molecule has 0 unspecified atom stereocenters. The summed E-state index contributed by atoms with van der Waals surface area (Å²) in [5.74, 6) is 6.61. The van der Waals surface area contributed by atoms with E-state index in [1.165, 1.54) is 0 Å². The van der Waals surface area contributed by atoms with Gasteiger partial charge in [-0.1, -0.05) is 31.3 Å². The molecule has 0 heterocycles. The number of ether oxygens (including phenoxy) is 2. The van der Waals surface area contributed by atoms with E-state index in [0.29, 0.717) is 19.8 Å². The second-order valence-corrected chi connectivity index (χ2v) is 3.85. The van der Waals surface area contributed by atoms with Crippen molar-refractivity contribution in [1.29, 1.82) is 0 Å². The predicted molar refractivity (Wildman–Crippen MR) is 73.6 cm³/mol. The first-order valence-electron chi connectivity index (χ1n) is 6.36. The topological polar surface area (TPSA) is 44.5 Å². The highest BCUT2D eigenvalue weighted by atomic mass is 16.5. The molecule has 0 spiro atoms. The molecule has 0 aliphatic rings. The lowest BCUT2D eigenvalue weighted by Crippen LogP contribution is -2.07. The predicted octanol–water partition coefficient (Wildman–Crippen LogP) is 2.19. The van der Waals surface area contributed by atoms with Gasteiger partial charge in [0.2, 0.25) is 0 Å². The van der Waals surface area contributed by atoms with E-state index < -0.39 is 0 Å². The highest BCUT2D eigenvalue weighted by molar-refractivity contribution is 5.39. The van der Waals surface area contributed by atoms with E-state index in [1.54, 1.807) is 0 Å². The van der Waals surface area contributed by atoms with Crippen LogP contribution in [0.1, 0.15) is 25.3 Å². The molecule has 1 aromatic rings. The first kappa shape index (κ1) is 14.6. The fourth-order valence-corrected chi connectivity index (χ4v) is 1.38. The summed E-state index contributed by atoms with van der Waals surface area (Å²) < 4.78 is 11.0. The molecule has 18 heavy (non-hydrogen) atoms. The largest absolute Gasteiger partial charge is 0.491 e. The molecular formula is C15H21NO2. The van der Waals surface area contributed by atoms with Crippen LogP contribution in [0.5, 0.6) is 5.75 Å². The molecule has 1 aromatic carbocycles. The summed E-state index contributed by atoms with van der Waals surface area (Å²) in [5.41, 5.74) is 6.25. The standard InChI is InChI=1S/C15H21NO2/c1-2-3-10-17-11-12-18-15-8-4-6-14(13-15)7-5-9-16/h4,6,8,13H,2-3,9-12,16H2,1H3. The Labute approximate surface area is 109 Å². The molecule has 0 aliphatic carbocycles. The fraction of sp³-hybridized carbons (Fsp3) is 0.467. The Bertz CT molecular complexity index is 393. The molecule has 0 aromatic heterocycles. The van der Waals surface area contributed by atoms with Crippen LogP contribution in [0.25, 0.3) is 0 Å². The van der Waals surface area contributed by atoms with E-state index >= 15 is 0 Å². The van der Waals surface area contributed by atoms with Crippen molar-refractivity contribution in [3.05, 3.63) is 29.8 Å². The van der Waals surface area contributed by atoms with Crippen molar-refractivity contribution in [3.63, 3.8) is 0 Å². The SMILES string of the molecule is CCCCOCCOc1cccc(C#CCN)c1. The minimum atomic E-state index is 0.371. The molecule has 3 nitrogen and oxygen atoms in total. The van der Waals surface area contributed by atoms with Crippen LogP contribution in [0, 0.1) is 11.8 Å². The summed E-state index contributed by atoms with van der Waals surface area (Å²) in [5, 5.41) is 0. The van der Waals surface area contributed by atoms with E-state index in [2.05, 4.69) is 18.8 Å². The zero-order chi connectivity index (χ0) is 13.1. The van der Waals surface area contributed by atoms with E-state index in [-0.39, 0.29) is 0 Å². The van der Waals surface area contributed by atoms with Crippen LogP contribution in [-0.4, -0.2) is 26.4 Å². The van der Waals surface area contributed by atoms with Crippen LogP contribution in [-0.2, 0) is 4.74 Å². The molecule has 0 fully saturated rings. The maximum Gasteiger partial charge on any atom is 0.120 e. The average molecular weight is 247 g/mol. The zero-order valence-electron chi connectivity index (χ0n) is 10.9. The quantitative estimate of drug-likeness (QED) is 0.593. The monoisotopic (exact) mass is 247 g/mol. The molecule has 98 valence electrons. The highest BCUT2D eigenvalue weighted by Crippen LogP contribution is 2.12. The van der Waals surface area contributed by atoms with Gasteiger partial charge in [-0.3, -0.25) is 0 Å². The zero-order valence-corrected chi connectivity index (χ0v) is 10.9. The van der Waals surface area contributed by atoms with Gasteiger partial charge >= 0.3 is 0 Å². The Morgan fingerprint density at radius 3 is 2.89 bits per heavy atom. The molecule has 0 saturated heterocycles. The van der Waals surface area contributed by atoms with Crippen molar-refractivity contribution in [2.75, 3.05) is 26.4 Å². The van der Waals surface area contributed by atoms with Crippen molar-refractivity contribution in [3.8, 4) is 17.6 Å². The van der Waals surface area contributed by atoms with E-state index in [4.69, 9.17) is 15.2 Å². The van der Waals surface area contributed by atoms with Crippen molar-refractivity contribution in [1.82, 2.24) is 0 Å². The van der Waals surface area contributed by atoms with Gasteiger partial charge in [-0.15, -0.1) is 0 Å². The van der Waals surface area contributed by atoms with Crippen LogP contribution in [0.15, 0.2) is 24.3 Å². The van der Waals surface area contributed by atoms with Crippen molar-refractivity contribution < 1.29 is 9.47 Å². The number of hydrogen-bond acceptors (Lipinski definition) is 3. The molecule has 0 bridgehead atoms. The maximum absolute atomic E-state index is 5.58. The van der Waals surface area contributed by atoms with Crippen LogP contribution < -0.4 is 10.5 Å². The molecule has 0 radical (unpaired) electrons. The summed E-state index contributed by atoms with van der Waals surface area (Å²) in [6.45, 7) is 4.52. The summed E-state index contributed by atoms with van der Waals surface area (Å²) in [6, 6.07) is 7.69. The molecule has 0 amide bonds. The van der Waals surface area contributed by atoms with Crippen LogP contribution in [0.4, 0.5) is 0 Å². The van der Waals surface area contributed by atoms with Crippen molar-refractivity contribution >= 4 is 0 Å². The van der Waals surface area contributed by atoms with Gasteiger partial charge in [0.25, 0.3) is 0 Å². The Balaban J connectivity index is 2.29. The first-order valence-corrected chi connectivity index (χ1v) is 6.36. The van der Waals surface area contributed by atoms with E-state index in [0.717, 1.165) is 30.8 Å². The molecule has 2 N–H and O–H groups in total. The number of hydrogen-bond donors (Lipinski definition) is 1. The summed E-state index contributed by atoms with van der Waals surface area (Å²) in [4.78, 5) is 0. The second-order valence-electron chi connectivity index (χ2n) is 3.85. The van der Waals surface area contributed by atoms with Gasteiger partial charge in [0, 0.05) is 12.2 Å². The number of nitrogens with two attached hydrogens (primary N) is 1. The first-order chi connectivity index (χ1) is 8.86. The lowest BCUT2D eigenvalue weighted by Gasteiger charge is -2.07. The van der Waals surface area contributed by atoms with Gasteiger partial charge in [-0.2, -0.15) is 0 Å². The number of benzene rings is 1. The smallest absolute Gasteiger partial charge is 0.120 e. The third-order valence-electron chi connectivity index (χ3n) is 2.31. The van der Waals surface area contributed by atoms with Gasteiger partial charge in [-0.05, 0) is 24.6 Å². The minimum Gasteiger partial charge on any atom is -0.491 e. The summed E-state index contributed by atoms with van der Waals surface area (Å²) in [6.07, 6.45) is 2.26. The summed E-state index contributed by atoms with van der Waals surface area (Å²) >= 11 is 0. The number of unbranched alkanes of at least 4 members (excludes halogenated alkanes) is 1. The van der Waals surface area contributed by atoms with E-state index in [1.807, 2.05) is 24.3 Å². The Morgan fingerprint density at radius 1 is 1.22 bits per heavy atom. The third-order valence-corrected chi connectivity index (χ3v) is 2.31. The normalized spacial score (nSPS) is 9.67. The Kier molecular flexibility index (Phi) is 7.70. The van der Waals surface area contributed by atoms with Gasteiger partial charge in [0.05, 0.1) is 13.2 Å². The van der Waals surface area contributed by atoms with E-state index in [9.17, 15) is 0 Å². The lowest BCUT2D eigenvalue weighted by molar-refractivity contribution is 0.0980. The summed E-state index contributed by atoms with van der Waals surface area (Å²) in [7, 11) is 0.